The molecule has 118 valence electrons. The number of morpholine rings is 1. The Hall–Kier alpha value is -1.10. The van der Waals surface area contributed by atoms with Crippen molar-refractivity contribution in [3.63, 3.8) is 0 Å². The van der Waals surface area contributed by atoms with Crippen LogP contribution in [-0.2, 0) is 4.74 Å². The summed E-state index contributed by atoms with van der Waals surface area (Å²) in [6, 6.07) is 8.62. The fraction of sp³-hybridized carbons (Fsp3) is 0.647. The van der Waals surface area contributed by atoms with Crippen LogP contribution in [0.3, 0.4) is 0 Å². The Morgan fingerprint density at radius 2 is 2.05 bits per heavy atom. The summed E-state index contributed by atoms with van der Waals surface area (Å²) < 4.78 is 11.3. The maximum atomic E-state index is 6.36. The van der Waals surface area contributed by atoms with E-state index in [1.807, 2.05) is 12.1 Å². The summed E-state index contributed by atoms with van der Waals surface area (Å²) in [4.78, 5) is 2.42. The molecule has 1 aromatic rings. The van der Waals surface area contributed by atoms with Gasteiger partial charge in [-0.3, -0.25) is 4.90 Å². The largest absolute Gasteiger partial charge is 0.494 e. The molecule has 3 unspecified atom stereocenters. The van der Waals surface area contributed by atoms with E-state index in [0.29, 0.717) is 12.1 Å². The number of benzene rings is 1. The summed E-state index contributed by atoms with van der Waals surface area (Å²) in [5, 5.41) is 0. The molecule has 2 rings (SSSR count). The summed E-state index contributed by atoms with van der Waals surface area (Å²) in [6.45, 7) is 9.78. The zero-order valence-corrected chi connectivity index (χ0v) is 13.4. The van der Waals surface area contributed by atoms with Crippen LogP contribution in [0.2, 0.25) is 0 Å². The third-order valence-corrected chi connectivity index (χ3v) is 3.95. The molecule has 0 bridgehead atoms. The molecule has 1 fully saturated rings. The van der Waals surface area contributed by atoms with Crippen molar-refractivity contribution in [1.82, 2.24) is 4.90 Å². The van der Waals surface area contributed by atoms with Gasteiger partial charge in [0.05, 0.1) is 19.3 Å². The quantitative estimate of drug-likeness (QED) is 0.875. The van der Waals surface area contributed by atoms with Gasteiger partial charge in [0.2, 0.25) is 0 Å². The van der Waals surface area contributed by atoms with Crippen LogP contribution in [0.1, 0.15) is 38.8 Å². The number of ether oxygens (including phenoxy) is 2. The molecular formula is C17H28N2O2. The molecule has 1 heterocycles. The maximum Gasteiger partial charge on any atom is 0.119 e. The van der Waals surface area contributed by atoms with Gasteiger partial charge in [0.1, 0.15) is 5.75 Å². The lowest BCUT2D eigenvalue weighted by atomic mass is 10.1. The molecule has 2 N–H and O–H groups in total. The molecule has 4 nitrogen and oxygen atoms in total. The Bertz CT molecular complexity index is 421. The zero-order chi connectivity index (χ0) is 15.2. The highest BCUT2D eigenvalue weighted by Crippen LogP contribution is 2.20. The van der Waals surface area contributed by atoms with E-state index < -0.39 is 0 Å². The van der Waals surface area contributed by atoms with Crippen molar-refractivity contribution in [2.45, 2.75) is 45.4 Å². The van der Waals surface area contributed by atoms with Crippen LogP contribution in [0.4, 0.5) is 0 Å². The molecule has 1 aliphatic heterocycles. The minimum Gasteiger partial charge on any atom is -0.494 e. The van der Waals surface area contributed by atoms with E-state index in [9.17, 15) is 0 Å². The van der Waals surface area contributed by atoms with E-state index >= 15 is 0 Å². The summed E-state index contributed by atoms with van der Waals surface area (Å²) in [5.41, 5.74) is 7.52. The molecule has 0 aromatic heterocycles. The second kappa shape index (κ2) is 7.78. The van der Waals surface area contributed by atoms with Gasteiger partial charge in [-0.1, -0.05) is 19.1 Å². The van der Waals surface area contributed by atoms with Crippen molar-refractivity contribution >= 4 is 0 Å². The minimum atomic E-state index is 0.0259. The lowest BCUT2D eigenvalue weighted by Gasteiger charge is -2.38. The van der Waals surface area contributed by atoms with E-state index in [4.69, 9.17) is 15.2 Å². The van der Waals surface area contributed by atoms with Gasteiger partial charge in [-0.2, -0.15) is 0 Å². The van der Waals surface area contributed by atoms with Crippen LogP contribution < -0.4 is 10.5 Å². The van der Waals surface area contributed by atoms with Gasteiger partial charge in [-0.05, 0) is 38.0 Å². The molecule has 0 aliphatic carbocycles. The maximum absolute atomic E-state index is 6.36. The standard InChI is InChI=1S/C17H28N2O2/c1-4-9-20-16-7-5-15(6-8-16)17(18)11-19-10-14(3)21-12-13(19)2/h5-8,13-14,17H,4,9-12,18H2,1-3H3. The summed E-state index contributed by atoms with van der Waals surface area (Å²) in [6.07, 6.45) is 1.31. The van der Waals surface area contributed by atoms with Crippen molar-refractivity contribution in [2.75, 3.05) is 26.3 Å². The molecule has 0 radical (unpaired) electrons. The second-order valence-electron chi connectivity index (χ2n) is 5.97. The van der Waals surface area contributed by atoms with Gasteiger partial charge in [-0.15, -0.1) is 0 Å². The minimum absolute atomic E-state index is 0.0259. The molecule has 1 aromatic carbocycles. The summed E-state index contributed by atoms with van der Waals surface area (Å²) in [5.74, 6) is 0.918. The zero-order valence-electron chi connectivity index (χ0n) is 13.4. The number of hydrogen-bond acceptors (Lipinski definition) is 4. The Balaban J connectivity index is 1.91. The average Bonchev–Trinajstić information content (AvgIpc) is 2.49. The summed E-state index contributed by atoms with van der Waals surface area (Å²) in [7, 11) is 0. The molecule has 0 amide bonds. The molecular weight excluding hydrogens is 264 g/mol. The Kier molecular flexibility index (Phi) is 6.03. The average molecular weight is 292 g/mol. The van der Waals surface area contributed by atoms with Crippen LogP contribution in [0.25, 0.3) is 0 Å². The van der Waals surface area contributed by atoms with E-state index in [1.54, 1.807) is 0 Å². The van der Waals surface area contributed by atoms with Crippen LogP contribution in [-0.4, -0.2) is 43.3 Å². The van der Waals surface area contributed by atoms with Crippen molar-refractivity contribution in [1.29, 1.82) is 0 Å². The van der Waals surface area contributed by atoms with Crippen LogP contribution in [0.15, 0.2) is 24.3 Å². The van der Waals surface area contributed by atoms with Crippen LogP contribution >= 0.6 is 0 Å². The van der Waals surface area contributed by atoms with Crippen molar-refractivity contribution in [3.8, 4) is 5.75 Å². The van der Waals surface area contributed by atoms with Gasteiger partial charge < -0.3 is 15.2 Å². The van der Waals surface area contributed by atoms with Crippen molar-refractivity contribution < 1.29 is 9.47 Å². The first-order valence-electron chi connectivity index (χ1n) is 7.94. The number of nitrogens with two attached hydrogens (primary N) is 1. The van der Waals surface area contributed by atoms with Crippen molar-refractivity contribution in [3.05, 3.63) is 29.8 Å². The predicted octanol–water partition coefficient (Wildman–Crippen LogP) is 2.58. The van der Waals surface area contributed by atoms with E-state index in [2.05, 4.69) is 37.8 Å². The van der Waals surface area contributed by atoms with Gasteiger partial charge in [0.25, 0.3) is 0 Å². The smallest absolute Gasteiger partial charge is 0.119 e. The van der Waals surface area contributed by atoms with Crippen LogP contribution in [0, 0.1) is 0 Å². The predicted molar refractivity (Wildman–Crippen MR) is 85.6 cm³/mol. The first-order valence-corrected chi connectivity index (χ1v) is 7.94. The van der Waals surface area contributed by atoms with Gasteiger partial charge in [-0.25, -0.2) is 0 Å². The first kappa shape index (κ1) is 16.3. The fourth-order valence-corrected chi connectivity index (χ4v) is 2.62. The summed E-state index contributed by atoms with van der Waals surface area (Å²) >= 11 is 0. The molecule has 21 heavy (non-hydrogen) atoms. The fourth-order valence-electron chi connectivity index (χ4n) is 2.62. The molecule has 0 saturated carbocycles. The number of hydrogen-bond donors (Lipinski definition) is 1. The number of nitrogens with zero attached hydrogens (tertiary/aromatic N) is 1. The molecule has 0 spiro atoms. The molecule has 1 saturated heterocycles. The third kappa shape index (κ3) is 4.70. The molecule has 4 heteroatoms. The Labute approximate surface area is 128 Å². The molecule has 3 atom stereocenters. The van der Waals surface area contributed by atoms with Crippen LogP contribution in [0.5, 0.6) is 5.75 Å². The Morgan fingerprint density at radius 1 is 1.33 bits per heavy atom. The first-order chi connectivity index (χ1) is 10.1. The third-order valence-electron chi connectivity index (χ3n) is 3.95. The monoisotopic (exact) mass is 292 g/mol. The Morgan fingerprint density at radius 3 is 2.71 bits per heavy atom. The lowest BCUT2D eigenvalue weighted by molar-refractivity contribution is -0.0510. The normalized spacial score (nSPS) is 24.8. The van der Waals surface area contributed by atoms with Crippen molar-refractivity contribution in [2.24, 2.45) is 5.73 Å². The van der Waals surface area contributed by atoms with E-state index in [1.165, 1.54) is 0 Å². The van der Waals surface area contributed by atoms with Gasteiger partial charge >= 0.3 is 0 Å². The molecule has 1 aliphatic rings. The van der Waals surface area contributed by atoms with E-state index in [-0.39, 0.29) is 6.04 Å². The SMILES string of the molecule is CCCOc1ccc(C(N)CN2CC(C)OCC2C)cc1. The topological polar surface area (TPSA) is 47.7 Å². The number of rotatable bonds is 6. The highest BCUT2D eigenvalue weighted by molar-refractivity contribution is 5.29. The van der Waals surface area contributed by atoms with E-state index in [0.717, 1.165) is 44.0 Å². The van der Waals surface area contributed by atoms with Gasteiger partial charge in [0, 0.05) is 25.2 Å². The van der Waals surface area contributed by atoms with Gasteiger partial charge in [0.15, 0.2) is 0 Å². The highest BCUT2D eigenvalue weighted by Gasteiger charge is 2.25. The lowest BCUT2D eigenvalue weighted by Crippen LogP contribution is -2.49. The second-order valence-corrected chi connectivity index (χ2v) is 5.97. The highest BCUT2D eigenvalue weighted by atomic mass is 16.5.